The molecule has 2 N–H and O–H groups in total. The average Bonchev–Trinajstić information content (AvgIpc) is 2.56. The molecule has 0 radical (unpaired) electrons. The van der Waals surface area contributed by atoms with Crippen molar-refractivity contribution < 1.29 is 9.59 Å². The maximum atomic E-state index is 12.4. The minimum Gasteiger partial charge on any atom is -0.356 e. The molecule has 1 saturated carbocycles. The van der Waals surface area contributed by atoms with Crippen molar-refractivity contribution in [2.45, 2.75) is 52.9 Å². The van der Waals surface area contributed by atoms with Gasteiger partial charge >= 0.3 is 0 Å². The van der Waals surface area contributed by atoms with E-state index in [4.69, 9.17) is 0 Å². The van der Waals surface area contributed by atoms with E-state index in [9.17, 15) is 9.59 Å². The van der Waals surface area contributed by atoms with Crippen LogP contribution in [-0.2, 0) is 4.79 Å². The van der Waals surface area contributed by atoms with Crippen LogP contribution in [0.25, 0.3) is 0 Å². The molecule has 0 atom stereocenters. The standard InChI is InChI=1S/C20H30N2O2/c1-4-21-18(23)13-16-9-11-20(3,12-10-16)14-22-19(24)17-8-6-5-7-15(17)2/h5-8,16H,4,9-14H2,1-3H3,(H,21,23)(H,22,24). The molecular weight excluding hydrogens is 300 g/mol. The van der Waals surface area contributed by atoms with Gasteiger partial charge in [-0.25, -0.2) is 0 Å². The third-order valence-electron chi connectivity index (χ3n) is 5.23. The minimum atomic E-state index is 0.0128. The van der Waals surface area contributed by atoms with E-state index in [1.165, 1.54) is 0 Å². The number of rotatable bonds is 6. The van der Waals surface area contributed by atoms with E-state index >= 15 is 0 Å². The summed E-state index contributed by atoms with van der Waals surface area (Å²) in [6, 6.07) is 7.68. The van der Waals surface area contributed by atoms with Gasteiger partial charge in [0.25, 0.3) is 5.91 Å². The molecule has 4 nitrogen and oxygen atoms in total. The van der Waals surface area contributed by atoms with Crippen LogP contribution >= 0.6 is 0 Å². The lowest BCUT2D eigenvalue weighted by atomic mass is 9.71. The maximum Gasteiger partial charge on any atom is 0.251 e. The van der Waals surface area contributed by atoms with Crippen LogP contribution in [-0.4, -0.2) is 24.9 Å². The normalized spacial score (nSPS) is 23.5. The molecule has 0 aromatic heterocycles. The topological polar surface area (TPSA) is 58.2 Å². The first-order valence-corrected chi connectivity index (χ1v) is 9.04. The van der Waals surface area contributed by atoms with Crippen molar-refractivity contribution >= 4 is 11.8 Å². The van der Waals surface area contributed by atoms with Crippen LogP contribution in [0.5, 0.6) is 0 Å². The first-order valence-electron chi connectivity index (χ1n) is 9.04. The maximum absolute atomic E-state index is 12.4. The van der Waals surface area contributed by atoms with Gasteiger partial charge in [-0.15, -0.1) is 0 Å². The minimum absolute atomic E-state index is 0.0128. The summed E-state index contributed by atoms with van der Waals surface area (Å²) in [5, 5.41) is 5.99. The monoisotopic (exact) mass is 330 g/mol. The Hall–Kier alpha value is -1.84. The number of amides is 2. The second-order valence-electron chi connectivity index (χ2n) is 7.41. The van der Waals surface area contributed by atoms with E-state index in [-0.39, 0.29) is 17.2 Å². The second kappa shape index (κ2) is 8.32. The van der Waals surface area contributed by atoms with Gasteiger partial charge in [0.05, 0.1) is 0 Å². The summed E-state index contributed by atoms with van der Waals surface area (Å²) < 4.78 is 0. The number of carbonyl (C=O) groups excluding carboxylic acids is 2. The van der Waals surface area contributed by atoms with Gasteiger partial charge in [-0.2, -0.15) is 0 Å². The molecule has 24 heavy (non-hydrogen) atoms. The van der Waals surface area contributed by atoms with Crippen LogP contribution in [0.15, 0.2) is 24.3 Å². The fraction of sp³-hybridized carbons (Fsp3) is 0.600. The Kier molecular flexibility index (Phi) is 6.41. The zero-order chi connectivity index (χ0) is 17.6. The molecule has 1 aliphatic rings. The quantitative estimate of drug-likeness (QED) is 0.839. The molecule has 1 aromatic carbocycles. The van der Waals surface area contributed by atoms with Gasteiger partial charge in [-0.1, -0.05) is 25.1 Å². The largest absolute Gasteiger partial charge is 0.356 e. The van der Waals surface area contributed by atoms with Crippen molar-refractivity contribution in [1.82, 2.24) is 10.6 Å². The van der Waals surface area contributed by atoms with E-state index < -0.39 is 0 Å². The van der Waals surface area contributed by atoms with E-state index in [1.807, 2.05) is 38.1 Å². The lowest BCUT2D eigenvalue weighted by Gasteiger charge is -2.37. The first kappa shape index (κ1) is 18.5. The van der Waals surface area contributed by atoms with Crippen molar-refractivity contribution in [3.8, 4) is 0 Å². The Morgan fingerprint density at radius 2 is 1.83 bits per heavy atom. The highest BCUT2D eigenvalue weighted by Gasteiger charge is 2.32. The van der Waals surface area contributed by atoms with Gasteiger partial charge in [-0.05, 0) is 62.5 Å². The van der Waals surface area contributed by atoms with E-state index in [2.05, 4.69) is 17.6 Å². The summed E-state index contributed by atoms with van der Waals surface area (Å²) in [5.41, 5.74) is 1.90. The van der Waals surface area contributed by atoms with Crippen molar-refractivity contribution in [1.29, 1.82) is 0 Å². The number of hydrogen-bond acceptors (Lipinski definition) is 2. The highest BCUT2D eigenvalue weighted by atomic mass is 16.2. The summed E-state index contributed by atoms with van der Waals surface area (Å²) in [4.78, 5) is 24.1. The Morgan fingerprint density at radius 3 is 2.46 bits per heavy atom. The van der Waals surface area contributed by atoms with Crippen molar-refractivity contribution in [3.63, 3.8) is 0 Å². The molecule has 4 heteroatoms. The van der Waals surface area contributed by atoms with Crippen LogP contribution in [0, 0.1) is 18.3 Å². The molecular formula is C20H30N2O2. The molecule has 0 unspecified atom stereocenters. The fourth-order valence-corrected chi connectivity index (χ4v) is 3.50. The third-order valence-corrected chi connectivity index (χ3v) is 5.23. The van der Waals surface area contributed by atoms with Crippen LogP contribution in [0.4, 0.5) is 0 Å². The Morgan fingerprint density at radius 1 is 1.17 bits per heavy atom. The summed E-state index contributed by atoms with van der Waals surface area (Å²) in [7, 11) is 0. The Balaban J connectivity index is 1.80. The highest BCUT2D eigenvalue weighted by Crippen LogP contribution is 2.39. The molecule has 132 valence electrons. The van der Waals surface area contributed by atoms with Crippen molar-refractivity contribution in [2.75, 3.05) is 13.1 Å². The van der Waals surface area contributed by atoms with E-state index in [1.54, 1.807) is 0 Å². The predicted octanol–water partition coefficient (Wildman–Crippen LogP) is 3.45. The van der Waals surface area contributed by atoms with Crippen LogP contribution in [0.2, 0.25) is 0 Å². The number of carbonyl (C=O) groups is 2. The summed E-state index contributed by atoms with van der Waals surface area (Å²) in [5.74, 6) is 0.662. The predicted molar refractivity (Wildman–Crippen MR) is 96.9 cm³/mol. The zero-order valence-corrected chi connectivity index (χ0v) is 15.2. The Labute approximate surface area is 145 Å². The van der Waals surface area contributed by atoms with Gasteiger partial charge in [0.2, 0.25) is 5.91 Å². The fourth-order valence-electron chi connectivity index (χ4n) is 3.50. The average molecular weight is 330 g/mol. The molecule has 0 heterocycles. The zero-order valence-electron chi connectivity index (χ0n) is 15.2. The third kappa shape index (κ3) is 5.08. The molecule has 0 saturated heterocycles. The second-order valence-corrected chi connectivity index (χ2v) is 7.41. The molecule has 0 aliphatic heterocycles. The van der Waals surface area contributed by atoms with Gasteiger partial charge < -0.3 is 10.6 Å². The molecule has 1 fully saturated rings. The number of benzene rings is 1. The van der Waals surface area contributed by atoms with Gasteiger partial charge in [-0.3, -0.25) is 9.59 Å². The van der Waals surface area contributed by atoms with Gasteiger partial charge in [0.1, 0.15) is 0 Å². The number of hydrogen-bond donors (Lipinski definition) is 2. The highest BCUT2D eigenvalue weighted by molar-refractivity contribution is 5.95. The van der Waals surface area contributed by atoms with Crippen LogP contribution < -0.4 is 10.6 Å². The lowest BCUT2D eigenvalue weighted by molar-refractivity contribution is -0.122. The first-order chi connectivity index (χ1) is 11.4. The Bertz CT molecular complexity index is 575. The lowest BCUT2D eigenvalue weighted by Crippen LogP contribution is -2.39. The summed E-state index contributed by atoms with van der Waals surface area (Å²) >= 11 is 0. The summed E-state index contributed by atoms with van der Waals surface area (Å²) in [6.45, 7) is 7.56. The van der Waals surface area contributed by atoms with Crippen LogP contribution in [0.3, 0.4) is 0 Å². The molecule has 2 amide bonds. The van der Waals surface area contributed by atoms with Crippen molar-refractivity contribution in [3.05, 3.63) is 35.4 Å². The van der Waals surface area contributed by atoms with Crippen molar-refractivity contribution in [2.24, 2.45) is 11.3 Å². The summed E-state index contributed by atoms with van der Waals surface area (Å²) in [6.07, 6.45) is 4.89. The van der Waals surface area contributed by atoms with Crippen LogP contribution in [0.1, 0.15) is 61.9 Å². The molecule has 0 bridgehead atoms. The number of nitrogens with one attached hydrogen (secondary N) is 2. The van der Waals surface area contributed by atoms with E-state index in [0.29, 0.717) is 25.4 Å². The smallest absolute Gasteiger partial charge is 0.251 e. The molecule has 1 aromatic rings. The molecule has 2 rings (SSSR count). The SMILES string of the molecule is CCNC(=O)CC1CCC(C)(CNC(=O)c2ccccc2C)CC1. The van der Waals surface area contributed by atoms with E-state index in [0.717, 1.165) is 36.8 Å². The number of aryl methyl sites for hydroxylation is 1. The molecule has 1 aliphatic carbocycles. The molecule has 0 spiro atoms. The van der Waals surface area contributed by atoms with Gasteiger partial charge in [0, 0.05) is 25.1 Å². The van der Waals surface area contributed by atoms with Gasteiger partial charge in [0.15, 0.2) is 0 Å².